The number of sulfonamides is 1. The molecular formula is C9H22N2O2S. The van der Waals surface area contributed by atoms with Crippen LogP contribution >= 0.6 is 0 Å². The van der Waals surface area contributed by atoms with Crippen molar-refractivity contribution in [2.45, 2.75) is 33.2 Å². The van der Waals surface area contributed by atoms with Crippen molar-refractivity contribution in [2.24, 2.45) is 5.92 Å². The Morgan fingerprint density at radius 1 is 1.14 bits per heavy atom. The summed E-state index contributed by atoms with van der Waals surface area (Å²) < 4.78 is 23.9. The van der Waals surface area contributed by atoms with Gasteiger partial charge in [-0.05, 0) is 25.8 Å². The summed E-state index contributed by atoms with van der Waals surface area (Å²) in [5.41, 5.74) is 0. The molecule has 0 aliphatic heterocycles. The molecule has 4 nitrogen and oxygen atoms in total. The van der Waals surface area contributed by atoms with E-state index in [-0.39, 0.29) is 0 Å². The second-order valence-corrected chi connectivity index (χ2v) is 5.84. The zero-order valence-corrected chi connectivity index (χ0v) is 10.3. The molecule has 0 amide bonds. The van der Waals surface area contributed by atoms with Gasteiger partial charge in [-0.2, -0.15) is 0 Å². The molecule has 0 aliphatic carbocycles. The van der Waals surface area contributed by atoms with Gasteiger partial charge in [0.05, 0.1) is 6.26 Å². The Hall–Kier alpha value is -0.130. The topological polar surface area (TPSA) is 58.2 Å². The third-order valence-corrected chi connectivity index (χ3v) is 2.91. The van der Waals surface area contributed by atoms with E-state index in [2.05, 4.69) is 30.8 Å². The van der Waals surface area contributed by atoms with E-state index in [9.17, 15) is 8.42 Å². The van der Waals surface area contributed by atoms with Gasteiger partial charge in [-0.25, -0.2) is 13.1 Å². The minimum atomic E-state index is -3.02. The van der Waals surface area contributed by atoms with Crippen molar-refractivity contribution in [3.63, 3.8) is 0 Å². The Morgan fingerprint density at radius 3 is 2.14 bits per heavy atom. The van der Waals surface area contributed by atoms with Crippen LogP contribution in [-0.2, 0) is 10.0 Å². The molecule has 0 saturated carbocycles. The zero-order valence-electron chi connectivity index (χ0n) is 9.50. The van der Waals surface area contributed by atoms with Crippen LogP contribution in [0.1, 0.15) is 27.2 Å². The Bertz CT molecular complexity index is 237. The van der Waals surface area contributed by atoms with Crippen LogP contribution in [0.3, 0.4) is 0 Å². The minimum absolute atomic E-state index is 0.480. The van der Waals surface area contributed by atoms with Crippen molar-refractivity contribution in [1.82, 2.24) is 10.0 Å². The number of hydrogen-bond donors (Lipinski definition) is 2. The molecule has 0 bridgehead atoms. The van der Waals surface area contributed by atoms with Crippen molar-refractivity contribution in [3.8, 4) is 0 Å². The van der Waals surface area contributed by atoms with Gasteiger partial charge < -0.3 is 5.32 Å². The van der Waals surface area contributed by atoms with Crippen LogP contribution in [0.25, 0.3) is 0 Å². The summed E-state index contributed by atoms with van der Waals surface area (Å²) in [4.78, 5) is 0. The summed E-state index contributed by atoms with van der Waals surface area (Å²) in [6.45, 7) is 7.81. The smallest absolute Gasteiger partial charge is 0.208 e. The summed E-state index contributed by atoms with van der Waals surface area (Å²) in [5, 5.41) is 3.33. The van der Waals surface area contributed by atoms with Crippen LogP contribution in [-0.4, -0.2) is 33.8 Å². The third-order valence-electron chi connectivity index (χ3n) is 2.18. The Kier molecular flexibility index (Phi) is 6.31. The molecule has 0 saturated heterocycles. The minimum Gasteiger partial charge on any atom is -0.314 e. The Morgan fingerprint density at radius 2 is 1.71 bits per heavy atom. The van der Waals surface area contributed by atoms with Gasteiger partial charge in [0.15, 0.2) is 0 Å². The van der Waals surface area contributed by atoms with Gasteiger partial charge in [-0.15, -0.1) is 0 Å². The van der Waals surface area contributed by atoms with Crippen LogP contribution in [0.4, 0.5) is 0 Å². The molecule has 0 aromatic heterocycles. The maximum Gasteiger partial charge on any atom is 0.208 e. The molecule has 1 unspecified atom stereocenters. The second kappa shape index (κ2) is 6.37. The van der Waals surface area contributed by atoms with Crippen molar-refractivity contribution in [1.29, 1.82) is 0 Å². The van der Waals surface area contributed by atoms with Crippen LogP contribution in [0.2, 0.25) is 0 Å². The average molecular weight is 222 g/mol. The molecule has 0 aliphatic rings. The highest BCUT2D eigenvalue weighted by molar-refractivity contribution is 7.88. The molecule has 0 radical (unpaired) electrons. The fourth-order valence-electron chi connectivity index (χ4n) is 0.911. The van der Waals surface area contributed by atoms with Crippen LogP contribution in [0, 0.1) is 5.92 Å². The quantitative estimate of drug-likeness (QED) is 0.619. The van der Waals surface area contributed by atoms with E-state index in [0.717, 1.165) is 13.0 Å². The van der Waals surface area contributed by atoms with Crippen molar-refractivity contribution in [2.75, 3.05) is 19.3 Å². The SMILES string of the molecule is CC(C)C(C)NCCCNS(C)(=O)=O. The lowest BCUT2D eigenvalue weighted by atomic mass is 10.1. The number of rotatable bonds is 7. The monoisotopic (exact) mass is 222 g/mol. The molecule has 0 spiro atoms. The maximum absolute atomic E-state index is 10.7. The standard InChI is InChI=1S/C9H22N2O2S/c1-8(2)9(3)10-6-5-7-11-14(4,12)13/h8-11H,5-7H2,1-4H3. The van der Waals surface area contributed by atoms with Gasteiger partial charge in [-0.1, -0.05) is 13.8 Å². The lowest BCUT2D eigenvalue weighted by Crippen LogP contribution is -2.33. The molecule has 0 heterocycles. The Balaban J connectivity index is 3.39. The number of hydrogen-bond acceptors (Lipinski definition) is 3. The highest BCUT2D eigenvalue weighted by atomic mass is 32.2. The first-order valence-electron chi connectivity index (χ1n) is 5.01. The van der Waals surface area contributed by atoms with Gasteiger partial charge >= 0.3 is 0 Å². The largest absolute Gasteiger partial charge is 0.314 e. The summed E-state index contributed by atoms with van der Waals surface area (Å²) in [7, 11) is -3.02. The van der Waals surface area contributed by atoms with Crippen molar-refractivity contribution < 1.29 is 8.42 Å². The van der Waals surface area contributed by atoms with Gasteiger partial charge in [0, 0.05) is 12.6 Å². The molecule has 0 aromatic carbocycles. The third kappa shape index (κ3) is 8.47. The number of nitrogens with one attached hydrogen (secondary N) is 2. The molecule has 1 atom stereocenters. The molecule has 2 N–H and O–H groups in total. The van der Waals surface area contributed by atoms with E-state index >= 15 is 0 Å². The normalized spacial score (nSPS) is 14.6. The first-order valence-corrected chi connectivity index (χ1v) is 6.90. The fraction of sp³-hybridized carbons (Fsp3) is 1.00. The van der Waals surface area contributed by atoms with Gasteiger partial charge in [-0.3, -0.25) is 0 Å². The van der Waals surface area contributed by atoms with E-state index < -0.39 is 10.0 Å². The summed E-state index contributed by atoms with van der Waals surface area (Å²) in [5.74, 6) is 0.609. The Labute approximate surface area is 87.5 Å². The lowest BCUT2D eigenvalue weighted by Gasteiger charge is -2.17. The van der Waals surface area contributed by atoms with E-state index in [1.165, 1.54) is 6.26 Å². The zero-order chi connectivity index (χ0) is 11.2. The molecule has 5 heteroatoms. The summed E-state index contributed by atoms with van der Waals surface area (Å²) >= 11 is 0. The van der Waals surface area contributed by atoms with Crippen LogP contribution in [0.5, 0.6) is 0 Å². The van der Waals surface area contributed by atoms with Crippen molar-refractivity contribution >= 4 is 10.0 Å². The van der Waals surface area contributed by atoms with E-state index in [4.69, 9.17) is 0 Å². The predicted molar refractivity (Wildman–Crippen MR) is 59.8 cm³/mol. The fourth-order valence-corrected chi connectivity index (χ4v) is 1.43. The molecule has 14 heavy (non-hydrogen) atoms. The second-order valence-electron chi connectivity index (χ2n) is 4.01. The maximum atomic E-state index is 10.7. The molecule has 0 fully saturated rings. The van der Waals surface area contributed by atoms with E-state index in [1.807, 2.05) is 0 Å². The molecular weight excluding hydrogens is 200 g/mol. The summed E-state index contributed by atoms with van der Waals surface area (Å²) in [6, 6.07) is 0.480. The highest BCUT2D eigenvalue weighted by Crippen LogP contribution is 1.98. The van der Waals surface area contributed by atoms with E-state index in [1.54, 1.807) is 0 Å². The average Bonchev–Trinajstić information content (AvgIpc) is 2.01. The molecule has 86 valence electrons. The summed E-state index contributed by atoms with van der Waals surface area (Å²) in [6.07, 6.45) is 2.00. The van der Waals surface area contributed by atoms with Gasteiger partial charge in [0.1, 0.15) is 0 Å². The van der Waals surface area contributed by atoms with Gasteiger partial charge in [0.2, 0.25) is 10.0 Å². The lowest BCUT2D eigenvalue weighted by molar-refractivity contribution is 0.424. The van der Waals surface area contributed by atoms with E-state index in [0.29, 0.717) is 18.5 Å². The molecule has 0 aromatic rings. The van der Waals surface area contributed by atoms with Crippen LogP contribution < -0.4 is 10.0 Å². The van der Waals surface area contributed by atoms with Crippen molar-refractivity contribution in [3.05, 3.63) is 0 Å². The van der Waals surface area contributed by atoms with Gasteiger partial charge in [0.25, 0.3) is 0 Å². The van der Waals surface area contributed by atoms with Crippen LogP contribution in [0.15, 0.2) is 0 Å². The first-order chi connectivity index (χ1) is 6.33. The first kappa shape index (κ1) is 13.9. The predicted octanol–water partition coefficient (Wildman–Crippen LogP) is 0.560. The molecule has 0 rings (SSSR count). The highest BCUT2D eigenvalue weighted by Gasteiger charge is 2.05.